The molecular formula is C14H15BrN2O. The van der Waals surface area contributed by atoms with Crippen LogP contribution in [0.4, 0.5) is 0 Å². The van der Waals surface area contributed by atoms with Crippen molar-refractivity contribution in [3.05, 3.63) is 58.3 Å². The van der Waals surface area contributed by atoms with Crippen LogP contribution in [0.5, 0.6) is 5.75 Å². The SMILES string of the molecule is CNCc1cccnc1COc1cccc(Br)c1. The minimum atomic E-state index is 0.480. The largest absolute Gasteiger partial charge is 0.487 e. The maximum atomic E-state index is 5.74. The van der Waals surface area contributed by atoms with Crippen molar-refractivity contribution in [2.24, 2.45) is 0 Å². The molecule has 0 aliphatic rings. The average molecular weight is 307 g/mol. The summed E-state index contributed by atoms with van der Waals surface area (Å²) in [6, 6.07) is 11.8. The Hall–Kier alpha value is -1.39. The van der Waals surface area contributed by atoms with E-state index < -0.39 is 0 Å². The molecule has 3 nitrogen and oxygen atoms in total. The fourth-order valence-electron chi connectivity index (χ4n) is 1.66. The number of rotatable bonds is 5. The van der Waals surface area contributed by atoms with Crippen LogP contribution in [0.15, 0.2) is 47.1 Å². The summed E-state index contributed by atoms with van der Waals surface area (Å²) < 4.78 is 6.75. The Bertz CT molecular complexity index is 517. The van der Waals surface area contributed by atoms with Crippen LogP contribution in [-0.2, 0) is 13.2 Å². The van der Waals surface area contributed by atoms with Crippen LogP contribution in [0.25, 0.3) is 0 Å². The van der Waals surface area contributed by atoms with Gasteiger partial charge in [0.15, 0.2) is 0 Å². The molecule has 2 aromatic rings. The number of ether oxygens (including phenoxy) is 1. The molecule has 0 radical (unpaired) electrons. The van der Waals surface area contributed by atoms with Crippen LogP contribution in [0, 0.1) is 0 Å². The Morgan fingerprint density at radius 2 is 2.17 bits per heavy atom. The van der Waals surface area contributed by atoms with E-state index in [-0.39, 0.29) is 0 Å². The first-order valence-corrected chi connectivity index (χ1v) is 6.54. The number of nitrogens with one attached hydrogen (secondary N) is 1. The van der Waals surface area contributed by atoms with Gasteiger partial charge in [-0.3, -0.25) is 4.98 Å². The Kier molecular flexibility index (Phi) is 4.73. The lowest BCUT2D eigenvalue weighted by Gasteiger charge is -2.10. The molecule has 1 N–H and O–H groups in total. The molecule has 18 heavy (non-hydrogen) atoms. The van der Waals surface area contributed by atoms with Gasteiger partial charge in [-0.05, 0) is 36.9 Å². The van der Waals surface area contributed by atoms with Crippen molar-refractivity contribution in [2.75, 3.05) is 7.05 Å². The van der Waals surface area contributed by atoms with E-state index in [9.17, 15) is 0 Å². The fourth-order valence-corrected chi connectivity index (χ4v) is 2.04. The number of pyridine rings is 1. The summed E-state index contributed by atoms with van der Waals surface area (Å²) in [5.41, 5.74) is 2.13. The predicted molar refractivity (Wildman–Crippen MR) is 75.5 cm³/mol. The molecule has 0 saturated heterocycles. The molecule has 1 aromatic carbocycles. The van der Waals surface area contributed by atoms with Crippen molar-refractivity contribution in [2.45, 2.75) is 13.2 Å². The third-order valence-electron chi connectivity index (χ3n) is 2.52. The van der Waals surface area contributed by atoms with E-state index in [1.54, 1.807) is 6.20 Å². The summed E-state index contributed by atoms with van der Waals surface area (Å²) >= 11 is 3.42. The minimum absolute atomic E-state index is 0.480. The maximum absolute atomic E-state index is 5.74. The fraction of sp³-hybridized carbons (Fsp3) is 0.214. The molecule has 0 aliphatic heterocycles. The van der Waals surface area contributed by atoms with Crippen molar-refractivity contribution in [1.29, 1.82) is 0 Å². The summed E-state index contributed by atoms with van der Waals surface area (Å²) in [5, 5.41) is 3.13. The van der Waals surface area contributed by atoms with Gasteiger partial charge >= 0.3 is 0 Å². The summed E-state index contributed by atoms with van der Waals surface area (Å²) in [7, 11) is 1.92. The number of benzene rings is 1. The molecular weight excluding hydrogens is 292 g/mol. The van der Waals surface area contributed by atoms with E-state index in [0.29, 0.717) is 6.61 Å². The normalized spacial score (nSPS) is 10.3. The first-order valence-electron chi connectivity index (χ1n) is 5.75. The number of hydrogen-bond acceptors (Lipinski definition) is 3. The highest BCUT2D eigenvalue weighted by molar-refractivity contribution is 9.10. The lowest BCUT2D eigenvalue weighted by Crippen LogP contribution is -2.10. The molecule has 0 fully saturated rings. The predicted octanol–water partition coefficient (Wildman–Crippen LogP) is 3.14. The molecule has 94 valence electrons. The lowest BCUT2D eigenvalue weighted by atomic mass is 10.2. The second-order valence-corrected chi connectivity index (χ2v) is 4.80. The molecule has 0 amide bonds. The van der Waals surface area contributed by atoms with Gasteiger partial charge in [0.25, 0.3) is 0 Å². The van der Waals surface area contributed by atoms with Crippen molar-refractivity contribution in [3.8, 4) is 5.75 Å². The minimum Gasteiger partial charge on any atom is -0.487 e. The quantitative estimate of drug-likeness (QED) is 0.921. The van der Waals surface area contributed by atoms with Gasteiger partial charge < -0.3 is 10.1 Å². The molecule has 0 saturated carbocycles. The maximum Gasteiger partial charge on any atom is 0.131 e. The Balaban J connectivity index is 2.06. The zero-order valence-corrected chi connectivity index (χ0v) is 11.8. The lowest BCUT2D eigenvalue weighted by molar-refractivity contribution is 0.299. The van der Waals surface area contributed by atoms with E-state index in [1.165, 1.54) is 0 Å². The molecule has 0 unspecified atom stereocenters. The second-order valence-electron chi connectivity index (χ2n) is 3.89. The number of halogens is 1. The van der Waals surface area contributed by atoms with Crippen LogP contribution >= 0.6 is 15.9 Å². The van der Waals surface area contributed by atoms with Crippen molar-refractivity contribution in [1.82, 2.24) is 10.3 Å². The van der Waals surface area contributed by atoms with Gasteiger partial charge in [0.2, 0.25) is 0 Å². The molecule has 0 atom stereocenters. The summed E-state index contributed by atoms with van der Waals surface area (Å²) in [4.78, 5) is 4.36. The van der Waals surface area contributed by atoms with Crippen molar-refractivity contribution < 1.29 is 4.74 Å². The second kappa shape index (κ2) is 6.52. The molecule has 0 aliphatic carbocycles. The first kappa shape index (κ1) is 13.1. The van der Waals surface area contributed by atoms with Gasteiger partial charge in [-0.25, -0.2) is 0 Å². The molecule has 2 rings (SSSR count). The summed E-state index contributed by atoms with van der Waals surface area (Å²) in [6.45, 7) is 1.28. The Morgan fingerprint density at radius 3 is 2.94 bits per heavy atom. The first-order chi connectivity index (χ1) is 8.79. The monoisotopic (exact) mass is 306 g/mol. The van der Waals surface area contributed by atoms with Crippen LogP contribution in [0.3, 0.4) is 0 Å². The zero-order valence-electron chi connectivity index (χ0n) is 10.2. The highest BCUT2D eigenvalue weighted by Crippen LogP contribution is 2.19. The Morgan fingerprint density at radius 1 is 1.28 bits per heavy atom. The smallest absolute Gasteiger partial charge is 0.131 e. The van der Waals surface area contributed by atoms with E-state index >= 15 is 0 Å². The number of nitrogens with zero attached hydrogens (tertiary/aromatic N) is 1. The van der Waals surface area contributed by atoms with Crippen LogP contribution in [-0.4, -0.2) is 12.0 Å². The van der Waals surface area contributed by atoms with Gasteiger partial charge in [0.1, 0.15) is 12.4 Å². The van der Waals surface area contributed by atoms with Gasteiger partial charge in [0.05, 0.1) is 5.69 Å². The molecule has 1 aromatic heterocycles. The number of hydrogen-bond donors (Lipinski definition) is 1. The van der Waals surface area contributed by atoms with Gasteiger partial charge in [-0.2, -0.15) is 0 Å². The van der Waals surface area contributed by atoms with E-state index in [1.807, 2.05) is 37.4 Å². The van der Waals surface area contributed by atoms with Crippen LogP contribution in [0.1, 0.15) is 11.3 Å². The third-order valence-corrected chi connectivity index (χ3v) is 3.02. The average Bonchev–Trinajstić information content (AvgIpc) is 2.38. The summed E-state index contributed by atoms with van der Waals surface area (Å²) in [5.74, 6) is 0.838. The van der Waals surface area contributed by atoms with Crippen LogP contribution in [0.2, 0.25) is 0 Å². The molecule has 1 heterocycles. The van der Waals surface area contributed by atoms with E-state index in [2.05, 4.69) is 32.3 Å². The van der Waals surface area contributed by atoms with E-state index in [4.69, 9.17) is 4.74 Å². The van der Waals surface area contributed by atoms with Crippen LogP contribution < -0.4 is 10.1 Å². The number of aromatic nitrogens is 1. The van der Waals surface area contributed by atoms with Crippen molar-refractivity contribution >= 4 is 15.9 Å². The van der Waals surface area contributed by atoms with Gasteiger partial charge in [-0.15, -0.1) is 0 Å². The van der Waals surface area contributed by atoms with Gasteiger partial charge in [-0.1, -0.05) is 28.1 Å². The zero-order chi connectivity index (χ0) is 12.8. The Labute approximate surface area is 115 Å². The highest BCUT2D eigenvalue weighted by atomic mass is 79.9. The highest BCUT2D eigenvalue weighted by Gasteiger charge is 2.03. The molecule has 0 spiro atoms. The third kappa shape index (κ3) is 3.55. The van der Waals surface area contributed by atoms with Crippen molar-refractivity contribution in [3.63, 3.8) is 0 Å². The topological polar surface area (TPSA) is 34.2 Å². The standard InChI is InChI=1S/C14H15BrN2O/c1-16-9-11-4-3-7-17-14(11)10-18-13-6-2-5-12(15)8-13/h2-8,16H,9-10H2,1H3. The molecule has 0 bridgehead atoms. The molecule has 4 heteroatoms. The summed E-state index contributed by atoms with van der Waals surface area (Å²) in [6.07, 6.45) is 1.79. The van der Waals surface area contributed by atoms with Gasteiger partial charge in [0, 0.05) is 17.2 Å². The van der Waals surface area contributed by atoms with E-state index in [0.717, 1.165) is 28.0 Å².